The van der Waals surface area contributed by atoms with Crippen molar-refractivity contribution in [1.29, 1.82) is 0 Å². The van der Waals surface area contributed by atoms with E-state index in [9.17, 15) is 33.9 Å². The number of rotatable bonds is 16. The van der Waals surface area contributed by atoms with Crippen LogP contribution in [0.5, 0.6) is 0 Å². The average molecular weight is 665 g/mol. The van der Waals surface area contributed by atoms with Crippen LogP contribution in [0.15, 0.2) is 60.8 Å². The predicted molar refractivity (Wildman–Crippen MR) is 179 cm³/mol. The highest BCUT2D eigenvalue weighted by Crippen LogP contribution is 2.19. The number of thiocarbonyl (C=S) groups is 1. The summed E-state index contributed by atoms with van der Waals surface area (Å²) in [6.07, 6.45) is 1.07. The van der Waals surface area contributed by atoms with Gasteiger partial charge in [-0.2, -0.15) is 0 Å². The van der Waals surface area contributed by atoms with Gasteiger partial charge >= 0.3 is 5.97 Å². The number of para-hydroxylation sites is 1. The Labute approximate surface area is 277 Å². The molecule has 0 saturated carbocycles. The van der Waals surface area contributed by atoms with E-state index in [1.54, 1.807) is 36.5 Å². The first kappa shape index (κ1) is 36.5. The predicted octanol–water partition coefficient (Wildman–Crippen LogP) is 1.59. The average Bonchev–Trinajstić information content (AvgIpc) is 3.42. The molecule has 2 aromatic carbocycles. The van der Waals surface area contributed by atoms with Gasteiger partial charge in [-0.15, -0.1) is 0 Å². The lowest BCUT2D eigenvalue weighted by Crippen LogP contribution is -2.60. The fourth-order valence-electron chi connectivity index (χ4n) is 5.25. The number of imide groups is 1. The molecule has 7 N–H and O–H groups in total. The topological polar surface area (TPSA) is 204 Å². The second kappa shape index (κ2) is 17.1. The van der Waals surface area contributed by atoms with Crippen molar-refractivity contribution in [1.82, 2.24) is 25.8 Å². The van der Waals surface area contributed by atoms with Crippen molar-refractivity contribution in [3.05, 3.63) is 71.9 Å². The molecule has 0 unspecified atom stereocenters. The minimum absolute atomic E-state index is 0.102. The quantitative estimate of drug-likeness (QED) is 0.123. The number of carbonyl (C=O) groups is 6. The minimum Gasteiger partial charge on any atom is -0.481 e. The molecule has 0 aliphatic carbocycles. The number of benzene rings is 2. The van der Waals surface area contributed by atoms with Gasteiger partial charge in [-0.25, -0.2) is 0 Å². The van der Waals surface area contributed by atoms with E-state index >= 15 is 0 Å². The molecule has 0 saturated heterocycles. The van der Waals surface area contributed by atoms with Crippen molar-refractivity contribution in [3.8, 4) is 0 Å². The molecular weight excluding hydrogens is 624 g/mol. The smallest absolute Gasteiger partial charge is 0.305 e. The lowest BCUT2D eigenvalue weighted by molar-refractivity contribution is -0.154. The van der Waals surface area contributed by atoms with Gasteiger partial charge in [0.1, 0.15) is 18.1 Å². The van der Waals surface area contributed by atoms with Crippen LogP contribution in [-0.2, 0) is 41.6 Å². The Hall–Kier alpha value is -4.95. The van der Waals surface area contributed by atoms with Crippen molar-refractivity contribution in [2.75, 3.05) is 0 Å². The number of amides is 5. The van der Waals surface area contributed by atoms with E-state index in [-0.39, 0.29) is 25.2 Å². The number of H-pyrrole nitrogens is 1. The number of nitrogens with one attached hydrogen (secondary N) is 4. The van der Waals surface area contributed by atoms with Crippen molar-refractivity contribution < 1.29 is 33.9 Å². The number of aromatic amines is 1. The van der Waals surface area contributed by atoms with E-state index in [0.717, 1.165) is 28.9 Å². The van der Waals surface area contributed by atoms with Crippen LogP contribution in [-0.4, -0.2) is 80.2 Å². The Kier molecular flexibility index (Phi) is 13.3. The van der Waals surface area contributed by atoms with Gasteiger partial charge in [0.05, 0.1) is 18.0 Å². The normalized spacial score (nSPS) is 13.6. The molecule has 0 radical (unpaired) electrons. The van der Waals surface area contributed by atoms with E-state index in [2.05, 4.69) is 20.9 Å². The number of fused-ring (bicyclic) bond motifs is 1. The van der Waals surface area contributed by atoms with E-state index in [0.29, 0.717) is 10.5 Å². The van der Waals surface area contributed by atoms with Crippen molar-refractivity contribution in [3.63, 3.8) is 0 Å². The van der Waals surface area contributed by atoms with Gasteiger partial charge in [0.25, 0.3) is 5.91 Å². The van der Waals surface area contributed by atoms with Gasteiger partial charge in [-0.1, -0.05) is 74.6 Å². The molecule has 0 aliphatic rings. The summed E-state index contributed by atoms with van der Waals surface area (Å²) >= 11 is 4.74. The molecule has 0 spiro atoms. The first-order valence-electron chi connectivity index (χ1n) is 15.1. The Morgan fingerprint density at radius 3 is 2.17 bits per heavy atom. The zero-order chi connectivity index (χ0) is 34.7. The third-order valence-corrected chi connectivity index (χ3v) is 7.57. The number of carbonyl (C=O) groups excluding carboxylic acids is 5. The summed E-state index contributed by atoms with van der Waals surface area (Å²) in [6.45, 7) is 4.69. The zero-order valence-electron chi connectivity index (χ0n) is 26.4. The lowest BCUT2D eigenvalue weighted by Gasteiger charge is -2.32. The molecular formula is C33H40N6O7S. The van der Waals surface area contributed by atoms with Crippen molar-refractivity contribution in [2.24, 2.45) is 11.7 Å². The number of aliphatic carboxylic acids is 1. The van der Waals surface area contributed by atoms with Crippen LogP contribution in [0.1, 0.15) is 44.7 Å². The number of nitrogens with two attached hydrogens (primary N) is 1. The van der Waals surface area contributed by atoms with E-state index in [1.807, 2.05) is 38.1 Å². The molecule has 13 nitrogen and oxygen atoms in total. The second-order valence-electron chi connectivity index (χ2n) is 11.6. The highest BCUT2D eigenvalue weighted by Gasteiger charge is 2.39. The highest BCUT2D eigenvalue weighted by molar-refractivity contribution is 7.78. The SMILES string of the molecule is CC(=O)N(C(=O)[C@H](CC(=O)O)NC(=O)[C@H](CC(C)C)NC(=O)[C@@H](N)Cc1c[nH]c2ccccc12)[C@@H](Cc1ccccc1)C(=O)NC=S. The second-order valence-corrected chi connectivity index (χ2v) is 11.8. The van der Waals surface area contributed by atoms with E-state index in [4.69, 9.17) is 18.0 Å². The number of carboxylic acids is 1. The number of nitrogens with zero attached hydrogens (tertiary/aromatic N) is 1. The van der Waals surface area contributed by atoms with Crippen LogP contribution in [0.2, 0.25) is 0 Å². The number of aromatic nitrogens is 1. The molecule has 3 rings (SSSR count). The van der Waals surface area contributed by atoms with Gasteiger partial charge in [-0.3, -0.25) is 33.7 Å². The maximum atomic E-state index is 13.9. The lowest BCUT2D eigenvalue weighted by atomic mass is 10.00. The summed E-state index contributed by atoms with van der Waals surface area (Å²) in [6, 6.07) is 10.7. The van der Waals surface area contributed by atoms with E-state index < -0.39 is 66.1 Å². The first-order chi connectivity index (χ1) is 22.3. The first-order valence-corrected chi connectivity index (χ1v) is 15.5. The van der Waals surface area contributed by atoms with Gasteiger partial charge in [-0.05, 0) is 36.0 Å². The molecule has 1 aromatic heterocycles. The Morgan fingerprint density at radius 2 is 1.55 bits per heavy atom. The zero-order valence-corrected chi connectivity index (χ0v) is 27.2. The molecule has 1 heterocycles. The van der Waals surface area contributed by atoms with Crippen LogP contribution < -0.4 is 21.7 Å². The van der Waals surface area contributed by atoms with E-state index in [1.165, 1.54) is 0 Å². The van der Waals surface area contributed by atoms with Gasteiger partial charge in [0.15, 0.2) is 0 Å². The molecule has 250 valence electrons. The molecule has 0 fully saturated rings. The summed E-state index contributed by atoms with van der Waals surface area (Å²) < 4.78 is 0. The molecule has 0 bridgehead atoms. The largest absolute Gasteiger partial charge is 0.481 e. The van der Waals surface area contributed by atoms with Crippen molar-refractivity contribution in [2.45, 2.75) is 70.6 Å². The maximum Gasteiger partial charge on any atom is 0.305 e. The van der Waals surface area contributed by atoms with Crippen LogP contribution in [0.4, 0.5) is 0 Å². The van der Waals surface area contributed by atoms with Crippen LogP contribution in [0.25, 0.3) is 10.9 Å². The maximum absolute atomic E-state index is 13.9. The Balaban J connectivity index is 1.84. The van der Waals surface area contributed by atoms with Gasteiger partial charge in [0.2, 0.25) is 23.6 Å². The number of hydrogen-bond donors (Lipinski definition) is 6. The molecule has 3 aromatic rings. The summed E-state index contributed by atoms with van der Waals surface area (Å²) in [5, 5.41) is 17.9. The fourth-order valence-corrected chi connectivity index (χ4v) is 5.36. The third kappa shape index (κ3) is 10.3. The summed E-state index contributed by atoms with van der Waals surface area (Å²) in [5.41, 5.74) is 9.47. The molecule has 0 aliphatic heterocycles. The molecule has 4 atom stereocenters. The monoisotopic (exact) mass is 664 g/mol. The van der Waals surface area contributed by atoms with Crippen molar-refractivity contribution >= 4 is 64.1 Å². The standard InChI is InChI=1S/C33H40N6O7S/c1-19(2)13-26(37-30(43)24(34)15-22-17-35-25-12-8-7-11-23(22)25)31(44)38-27(16-29(41)42)33(46)39(20(3)40)28(32(45)36-18-47)14-21-9-5-4-6-10-21/h4-12,17-19,24,26-28,35H,13-16,34H2,1-3H3,(H,37,43)(H,38,44)(H,41,42)(H,36,45,47)/t24-,26-,27-,28-/m0/s1. The third-order valence-electron chi connectivity index (χ3n) is 7.45. The number of carboxylic acid groups (broad SMARTS) is 1. The Bertz CT molecular complexity index is 1610. The highest BCUT2D eigenvalue weighted by atomic mass is 32.1. The molecule has 47 heavy (non-hydrogen) atoms. The fraction of sp³-hybridized carbons (Fsp3) is 0.364. The Morgan fingerprint density at radius 1 is 0.915 bits per heavy atom. The van der Waals surface area contributed by atoms with Gasteiger partial charge < -0.3 is 31.8 Å². The summed E-state index contributed by atoms with van der Waals surface area (Å²) in [4.78, 5) is 82.2. The molecule has 14 heteroatoms. The number of hydrogen-bond acceptors (Lipinski definition) is 8. The van der Waals surface area contributed by atoms with Gasteiger partial charge in [0, 0.05) is 30.4 Å². The van der Waals surface area contributed by atoms with Crippen LogP contribution in [0.3, 0.4) is 0 Å². The summed E-state index contributed by atoms with van der Waals surface area (Å²) in [7, 11) is 0. The summed E-state index contributed by atoms with van der Waals surface area (Å²) in [5.74, 6) is -5.76. The molecule has 5 amide bonds. The van der Waals surface area contributed by atoms with Crippen LogP contribution >= 0.6 is 12.2 Å². The van der Waals surface area contributed by atoms with Crippen LogP contribution in [0, 0.1) is 5.92 Å². The minimum atomic E-state index is -1.76.